The van der Waals surface area contributed by atoms with Gasteiger partial charge < -0.3 is 10.1 Å². The van der Waals surface area contributed by atoms with Crippen LogP contribution in [0.1, 0.15) is 20.7 Å². The quantitative estimate of drug-likeness (QED) is 0.461. The van der Waals surface area contributed by atoms with Crippen LogP contribution >= 0.6 is 46.8 Å². The summed E-state index contributed by atoms with van der Waals surface area (Å²) in [5.74, 6) is -0.857. The molecule has 10 heteroatoms. The molecule has 1 aromatic heterocycles. The molecule has 2 aromatic carbocycles. The number of anilines is 1. The van der Waals surface area contributed by atoms with Crippen molar-refractivity contribution in [3.63, 3.8) is 0 Å². The van der Waals surface area contributed by atoms with E-state index in [1.165, 1.54) is 36.6 Å². The second-order valence-corrected chi connectivity index (χ2v) is 7.48. The molecule has 0 unspecified atom stereocenters. The number of ether oxygens (including phenoxy) is 1. The highest BCUT2D eigenvalue weighted by atomic mass is 35.5. The summed E-state index contributed by atoms with van der Waals surface area (Å²) in [6.07, 6.45) is 0. The lowest BCUT2D eigenvalue weighted by molar-refractivity contribution is 0.0601. The van der Waals surface area contributed by atoms with E-state index in [9.17, 15) is 9.59 Å². The van der Waals surface area contributed by atoms with E-state index in [4.69, 9.17) is 40.2 Å². The largest absolute Gasteiger partial charge is 0.465 e. The SMILES string of the molecule is COC(=O)c1ccc2nc(NC(=S)NC(=O)c3ccc(Cl)c(Cl)c3)sc2c1. The molecule has 3 rings (SSSR count). The van der Waals surface area contributed by atoms with Crippen LogP contribution in [0.4, 0.5) is 5.13 Å². The van der Waals surface area contributed by atoms with Gasteiger partial charge in [0, 0.05) is 5.56 Å². The van der Waals surface area contributed by atoms with Gasteiger partial charge in [0.1, 0.15) is 0 Å². The average Bonchev–Trinajstić information content (AvgIpc) is 3.04. The predicted molar refractivity (Wildman–Crippen MR) is 111 cm³/mol. The summed E-state index contributed by atoms with van der Waals surface area (Å²) in [7, 11) is 1.32. The maximum atomic E-state index is 12.2. The first-order valence-corrected chi connectivity index (χ1v) is 9.41. The number of nitrogens with one attached hydrogen (secondary N) is 2. The van der Waals surface area contributed by atoms with Crippen molar-refractivity contribution in [3.05, 3.63) is 57.6 Å². The minimum absolute atomic E-state index is 0.0818. The molecule has 2 N–H and O–H groups in total. The van der Waals surface area contributed by atoms with Gasteiger partial charge >= 0.3 is 5.97 Å². The Kier molecular flexibility index (Phi) is 5.91. The molecule has 27 heavy (non-hydrogen) atoms. The fourth-order valence-corrected chi connectivity index (χ4v) is 3.63. The lowest BCUT2D eigenvalue weighted by Crippen LogP contribution is -2.34. The molecule has 0 aliphatic carbocycles. The first-order valence-electron chi connectivity index (χ1n) is 7.43. The fraction of sp³-hybridized carbons (Fsp3) is 0.0588. The molecule has 0 radical (unpaired) electrons. The number of rotatable bonds is 3. The molecule has 6 nitrogen and oxygen atoms in total. The van der Waals surface area contributed by atoms with E-state index < -0.39 is 11.9 Å². The van der Waals surface area contributed by atoms with Crippen molar-refractivity contribution in [1.29, 1.82) is 0 Å². The lowest BCUT2D eigenvalue weighted by Gasteiger charge is -2.07. The van der Waals surface area contributed by atoms with Crippen molar-refractivity contribution in [2.75, 3.05) is 12.4 Å². The summed E-state index contributed by atoms with van der Waals surface area (Å²) >= 11 is 18.2. The normalized spacial score (nSPS) is 10.5. The molecule has 3 aromatic rings. The summed E-state index contributed by atoms with van der Waals surface area (Å²) in [6, 6.07) is 9.54. The number of hydrogen-bond donors (Lipinski definition) is 2. The third kappa shape index (κ3) is 4.54. The zero-order valence-corrected chi connectivity index (χ0v) is 16.9. The molecule has 0 saturated heterocycles. The molecule has 0 fully saturated rings. The number of halogens is 2. The van der Waals surface area contributed by atoms with E-state index >= 15 is 0 Å². The van der Waals surface area contributed by atoms with Crippen LogP contribution in [0.3, 0.4) is 0 Å². The monoisotopic (exact) mass is 439 g/mol. The highest BCUT2D eigenvalue weighted by molar-refractivity contribution is 7.80. The highest BCUT2D eigenvalue weighted by Crippen LogP contribution is 2.27. The molecule has 1 amide bonds. The van der Waals surface area contributed by atoms with Gasteiger partial charge in [-0.15, -0.1) is 0 Å². The Morgan fingerprint density at radius 2 is 1.85 bits per heavy atom. The average molecular weight is 440 g/mol. The Hall–Kier alpha value is -2.26. The zero-order valence-electron chi connectivity index (χ0n) is 13.7. The molecule has 0 aliphatic rings. The minimum Gasteiger partial charge on any atom is -0.465 e. The number of methoxy groups -OCH3 is 1. The van der Waals surface area contributed by atoms with E-state index in [1.54, 1.807) is 18.2 Å². The zero-order chi connectivity index (χ0) is 19.6. The van der Waals surface area contributed by atoms with Crippen molar-refractivity contribution in [1.82, 2.24) is 10.3 Å². The van der Waals surface area contributed by atoms with Crippen molar-refractivity contribution >= 4 is 79.1 Å². The number of hydrogen-bond acceptors (Lipinski definition) is 6. The summed E-state index contributed by atoms with van der Waals surface area (Å²) in [6.45, 7) is 0. The third-order valence-electron chi connectivity index (χ3n) is 3.44. The third-order valence-corrected chi connectivity index (χ3v) is 5.32. The Morgan fingerprint density at radius 3 is 2.56 bits per heavy atom. The number of carbonyl (C=O) groups is 2. The van der Waals surface area contributed by atoms with E-state index in [2.05, 4.69) is 15.6 Å². The van der Waals surface area contributed by atoms with Crippen molar-refractivity contribution in [3.8, 4) is 0 Å². The molecule has 1 heterocycles. The van der Waals surface area contributed by atoms with E-state index in [0.29, 0.717) is 26.8 Å². The van der Waals surface area contributed by atoms with Crippen LogP contribution in [0.25, 0.3) is 10.2 Å². The summed E-state index contributed by atoms with van der Waals surface area (Å²) in [4.78, 5) is 28.2. The van der Waals surface area contributed by atoms with Crippen molar-refractivity contribution in [2.45, 2.75) is 0 Å². The summed E-state index contributed by atoms with van der Waals surface area (Å²) in [5, 5.41) is 6.59. The Labute approximate surface area is 173 Å². The topological polar surface area (TPSA) is 80.3 Å². The lowest BCUT2D eigenvalue weighted by atomic mass is 10.2. The van der Waals surface area contributed by atoms with Gasteiger partial charge in [0.05, 0.1) is 32.9 Å². The van der Waals surface area contributed by atoms with Crippen LogP contribution in [-0.4, -0.2) is 29.1 Å². The number of nitrogens with zero attached hydrogens (tertiary/aromatic N) is 1. The number of esters is 1. The van der Waals surface area contributed by atoms with Gasteiger partial charge in [-0.1, -0.05) is 34.5 Å². The standard InChI is InChI=1S/C17H11Cl2N3O3S2/c1-25-15(24)9-3-5-12-13(7-9)27-17(20-12)22-16(26)21-14(23)8-2-4-10(18)11(19)6-8/h2-7H,1H3,(H2,20,21,22,23,26). The van der Waals surface area contributed by atoms with Gasteiger partial charge in [-0.3, -0.25) is 10.1 Å². The molecule has 138 valence electrons. The number of fused-ring (bicyclic) bond motifs is 1. The van der Waals surface area contributed by atoms with E-state index in [1.807, 2.05) is 0 Å². The number of benzene rings is 2. The molecule has 0 saturated carbocycles. The molecule has 0 bridgehead atoms. The van der Waals surface area contributed by atoms with Crippen LogP contribution in [0, 0.1) is 0 Å². The molecule has 0 atom stereocenters. The Morgan fingerprint density at radius 1 is 1.11 bits per heavy atom. The highest BCUT2D eigenvalue weighted by Gasteiger charge is 2.13. The van der Waals surface area contributed by atoms with Crippen LogP contribution in [0.15, 0.2) is 36.4 Å². The maximum Gasteiger partial charge on any atom is 0.337 e. The number of thiazole rings is 1. The van der Waals surface area contributed by atoms with Crippen LogP contribution in [0.2, 0.25) is 10.0 Å². The second-order valence-electron chi connectivity index (χ2n) is 5.23. The van der Waals surface area contributed by atoms with Crippen LogP contribution < -0.4 is 10.6 Å². The molecule has 0 spiro atoms. The van der Waals surface area contributed by atoms with Crippen LogP contribution in [-0.2, 0) is 4.74 Å². The predicted octanol–water partition coefficient (Wildman–Crippen LogP) is 4.52. The summed E-state index contributed by atoms with van der Waals surface area (Å²) in [5.41, 5.74) is 1.44. The van der Waals surface area contributed by atoms with Gasteiger partial charge in [-0.25, -0.2) is 9.78 Å². The number of thiocarbonyl (C=S) groups is 1. The fourth-order valence-electron chi connectivity index (χ4n) is 2.16. The molecular weight excluding hydrogens is 429 g/mol. The van der Waals surface area contributed by atoms with Crippen molar-refractivity contribution in [2.24, 2.45) is 0 Å². The number of carbonyl (C=O) groups excluding carboxylic acids is 2. The first-order chi connectivity index (χ1) is 12.9. The smallest absolute Gasteiger partial charge is 0.337 e. The number of amides is 1. The van der Waals surface area contributed by atoms with Gasteiger partial charge in [0.2, 0.25) is 0 Å². The summed E-state index contributed by atoms with van der Waals surface area (Å²) < 4.78 is 5.48. The Balaban J connectivity index is 1.70. The minimum atomic E-state index is -0.430. The Bertz CT molecular complexity index is 1070. The first kappa shape index (κ1) is 19.5. The molecular formula is C17H11Cl2N3O3S2. The van der Waals surface area contributed by atoms with E-state index in [0.717, 1.165) is 4.70 Å². The maximum absolute atomic E-state index is 12.2. The van der Waals surface area contributed by atoms with E-state index in [-0.39, 0.29) is 10.1 Å². The van der Waals surface area contributed by atoms with Crippen LogP contribution in [0.5, 0.6) is 0 Å². The van der Waals surface area contributed by atoms with Crippen molar-refractivity contribution < 1.29 is 14.3 Å². The van der Waals surface area contributed by atoms with Gasteiger partial charge in [-0.05, 0) is 48.6 Å². The van der Waals surface area contributed by atoms with Gasteiger partial charge in [-0.2, -0.15) is 0 Å². The molecule has 0 aliphatic heterocycles. The van der Waals surface area contributed by atoms with Gasteiger partial charge in [0.25, 0.3) is 5.91 Å². The second kappa shape index (κ2) is 8.18. The number of aromatic nitrogens is 1. The van der Waals surface area contributed by atoms with Gasteiger partial charge in [0.15, 0.2) is 10.2 Å².